The first-order valence-corrected chi connectivity index (χ1v) is 4.19. The van der Waals surface area contributed by atoms with Gasteiger partial charge in [0.05, 0.1) is 0 Å². The molecule has 68 valence electrons. The first-order valence-electron chi connectivity index (χ1n) is 4.19. The minimum atomic E-state index is 0.0694. The average Bonchev–Trinajstić information content (AvgIpc) is 2.83. The van der Waals surface area contributed by atoms with E-state index in [1.165, 1.54) is 7.11 Å². The quantitative estimate of drug-likeness (QED) is 0.570. The van der Waals surface area contributed by atoms with Gasteiger partial charge in [0.2, 0.25) is 5.91 Å². The van der Waals surface area contributed by atoms with Crippen LogP contribution in [0.3, 0.4) is 0 Å². The highest BCUT2D eigenvalue weighted by Crippen LogP contribution is 2.26. The van der Waals surface area contributed by atoms with Crippen molar-refractivity contribution >= 4 is 5.91 Å². The lowest BCUT2D eigenvalue weighted by molar-refractivity contribution is -0.135. The third-order valence-electron chi connectivity index (χ3n) is 1.90. The standard InChI is InChI=1S/C9H15NO2/c1-3-6-10(8-4-5-8)9(11)7-12-2/h3,8H,1,4-7H2,2H3. The van der Waals surface area contributed by atoms with Crippen LogP contribution in [0.25, 0.3) is 0 Å². The Kier molecular flexibility index (Phi) is 3.29. The molecule has 0 radical (unpaired) electrons. The van der Waals surface area contributed by atoms with Crippen molar-refractivity contribution in [2.24, 2.45) is 0 Å². The van der Waals surface area contributed by atoms with Gasteiger partial charge in [0.1, 0.15) is 6.61 Å². The molecule has 12 heavy (non-hydrogen) atoms. The number of hydrogen-bond acceptors (Lipinski definition) is 2. The number of carbonyl (C=O) groups excluding carboxylic acids is 1. The smallest absolute Gasteiger partial charge is 0.249 e. The molecule has 0 N–H and O–H groups in total. The van der Waals surface area contributed by atoms with Gasteiger partial charge in [0, 0.05) is 19.7 Å². The normalized spacial score (nSPS) is 15.8. The van der Waals surface area contributed by atoms with E-state index in [9.17, 15) is 4.79 Å². The molecule has 1 rings (SSSR count). The minimum Gasteiger partial charge on any atom is -0.375 e. The average molecular weight is 169 g/mol. The molecule has 0 saturated heterocycles. The topological polar surface area (TPSA) is 29.5 Å². The van der Waals surface area contributed by atoms with Crippen molar-refractivity contribution < 1.29 is 9.53 Å². The van der Waals surface area contributed by atoms with Gasteiger partial charge in [0.25, 0.3) is 0 Å². The Hall–Kier alpha value is -0.830. The molecule has 0 aromatic rings. The van der Waals surface area contributed by atoms with E-state index in [4.69, 9.17) is 4.74 Å². The number of methoxy groups -OCH3 is 1. The zero-order valence-corrected chi connectivity index (χ0v) is 7.45. The molecule has 1 saturated carbocycles. The molecule has 0 bridgehead atoms. The molecule has 0 aliphatic heterocycles. The van der Waals surface area contributed by atoms with Crippen molar-refractivity contribution in [2.45, 2.75) is 18.9 Å². The van der Waals surface area contributed by atoms with Crippen LogP contribution < -0.4 is 0 Å². The molecule has 0 heterocycles. The predicted molar refractivity (Wildman–Crippen MR) is 46.8 cm³/mol. The van der Waals surface area contributed by atoms with Gasteiger partial charge < -0.3 is 9.64 Å². The van der Waals surface area contributed by atoms with Gasteiger partial charge in [-0.2, -0.15) is 0 Å². The van der Waals surface area contributed by atoms with Gasteiger partial charge in [0.15, 0.2) is 0 Å². The van der Waals surface area contributed by atoms with Crippen LogP contribution in [0.2, 0.25) is 0 Å². The lowest BCUT2D eigenvalue weighted by Gasteiger charge is -2.19. The van der Waals surface area contributed by atoms with Gasteiger partial charge in [-0.15, -0.1) is 6.58 Å². The van der Waals surface area contributed by atoms with Crippen LogP contribution in [0.15, 0.2) is 12.7 Å². The highest BCUT2D eigenvalue weighted by atomic mass is 16.5. The van der Waals surface area contributed by atoms with Gasteiger partial charge >= 0.3 is 0 Å². The summed E-state index contributed by atoms with van der Waals surface area (Å²) in [5.41, 5.74) is 0. The van der Waals surface area contributed by atoms with Crippen LogP contribution >= 0.6 is 0 Å². The summed E-state index contributed by atoms with van der Waals surface area (Å²) >= 11 is 0. The molecule has 1 amide bonds. The Bertz CT molecular complexity index is 175. The summed E-state index contributed by atoms with van der Waals surface area (Å²) in [6, 6.07) is 0.450. The van der Waals surface area contributed by atoms with Crippen LogP contribution in [0.5, 0.6) is 0 Å². The molecular weight excluding hydrogens is 154 g/mol. The lowest BCUT2D eigenvalue weighted by Crippen LogP contribution is -2.35. The van der Waals surface area contributed by atoms with Crippen LogP contribution in [0.1, 0.15) is 12.8 Å². The molecule has 3 nitrogen and oxygen atoms in total. The van der Waals surface area contributed by atoms with Crippen molar-refractivity contribution in [1.29, 1.82) is 0 Å². The van der Waals surface area contributed by atoms with Crippen molar-refractivity contribution in [3.63, 3.8) is 0 Å². The van der Waals surface area contributed by atoms with Crippen LogP contribution in [-0.4, -0.2) is 37.1 Å². The van der Waals surface area contributed by atoms with Crippen molar-refractivity contribution in [3.8, 4) is 0 Å². The van der Waals surface area contributed by atoms with Crippen LogP contribution in [-0.2, 0) is 9.53 Å². The van der Waals surface area contributed by atoms with E-state index in [1.54, 1.807) is 6.08 Å². The monoisotopic (exact) mass is 169 g/mol. The zero-order valence-electron chi connectivity index (χ0n) is 7.45. The fourth-order valence-electron chi connectivity index (χ4n) is 1.19. The Morgan fingerprint density at radius 2 is 2.42 bits per heavy atom. The molecule has 0 aromatic carbocycles. The molecule has 1 fully saturated rings. The second kappa shape index (κ2) is 4.26. The summed E-state index contributed by atoms with van der Waals surface area (Å²) in [6.07, 6.45) is 4.01. The van der Waals surface area contributed by atoms with Crippen LogP contribution in [0, 0.1) is 0 Å². The van der Waals surface area contributed by atoms with Gasteiger partial charge in [-0.3, -0.25) is 4.79 Å². The Morgan fingerprint density at radius 3 is 2.83 bits per heavy atom. The zero-order chi connectivity index (χ0) is 8.97. The SMILES string of the molecule is C=CCN(C(=O)COC)C1CC1. The number of rotatable bonds is 5. The van der Waals surface area contributed by atoms with E-state index in [1.807, 2.05) is 4.90 Å². The summed E-state index contributed by atoms with van der Waals surface area (Å²) in [5.74, 6) is 0.0694. The van der Waals surface area contributed by atoms with Gasteiger partial charge in [-0.05, 0) is 12.8 Å². The lowest BCUT2D eigenvalue weighted by atomic mass is 10.4. The Labute approximate surface area is 73.0 Å². The molecule has 0 unspecified atom stereocenters. The van der Waals surface area contributed by atoms with E-state index >= 15 is 0 Å². The molecule has 0 atom stereocenters. The largest absolute Gasteiger partial charge is 0.375 e. The van der Waals surface area contributed by atoms with Crippen molar-refractivity contribution in [3.05, 3.63) is 12.7 Å². The maximum Gasteiger partial charge on any atom is 0.249 e. The van der Waals surface area contributed by atoms with Crippen molar-refractivity contribution in [1.82, 2.24) is 4.90 Å². The van der Waals surface area contributed by atoms with Gasteiger partial charge in [-0.1, -0.05) is 6.08 Å². The molecule has 0 aromatic heterocycles. The van der Waals surface area contributed by atoms with E-state index in [-0.39, 0.29) is 12.5 Å². The number of ether oxygens (including phenoxy) is 1. The summed E-state index contributed by atoms with van der Waals surface area (Å²) in [4.78, 5) is 13.2. The summed E-state index contributed by atoms with van der Waals surface area (Å²) in [7, 11) is 1.54. The molecule has 0 spiro atoms. The van der Waals surface area contributed by atoms with Crippen LogP contribution in [0.4, 0.5) is 0 Å². The van der Waals surface area contributed by atoms with Crippen molar-refractivity contribution in [2.75, 3.05) is 20.3 Å². The predicted octanol–water partition coefficient (Wildman–Crippen LogP) is 0.810. The summed E-state index contributed by atoms with van der Waals surface area (Å²) < 4.78 is 4.78. The molecule has 1 aliphatic carbocycles. The molecule has 3 heteroatoms. The minimum absolute atomic E-state index is 0.0694. The molecule has 1 aliphatic rings. The van der Waals surface area contributed by atoms with E-state index in [0.29, 0.717) is 12.6 Å². The fraction of sp³-hybridized carbons (Fsp3) is 0.667. The first-order chi connectivity index (χ1) is 5.79. The number of nitrogens with zero attached hydrogens (tertiary/aromatic N) is 1. The first kappa shape index (κ1) is 9.26. The summed E-state index contributed by atoms with van der Waals surface area (Å²) in [5, 5.41) is 0. The Balaban J connectivity index is 2.39. The maximum atomic E-state index is 11.4. The third-order valence-corrected chi connectivity index (χ3v) is 1.90. The third kappa shape index (κ3) is 2.34. The van der Waals surface area contributed by atoms with E-state index in [0.717, 1.165) is 12.8 Å². The fourth-order valence-corrected chi connectivity index (χ4v) is 1.19. The van der Waals surface area contributed by atoms with Gasteiger partial charge in [-0.25, -0.2) is 0 Å². The highest BCUT2D eigenvalue weighted by molar-refractivity contribution is 5.78. The highest BCUT2D eigenvalue weighted by Gasteiger charge is 2.31. The number of amides is 1. The second-order valence-corrected chi connectivity index (χ2v) is 3.00. The molecular formula is C9H15NO2. The number of hydrogen-bond donors (Lipinski definition) is 0. The van der Waals surface area contributed by atoms with E-state index < -0.39 is 0 Å². The maximum absolute atomic E-state index is 11.4. The summed E-state index contributed by atoms with van der Waals surface area (Å²) in [6.45, 7) is 4.45. The second-order valence-electron chi connectivity index (χ2n) is 3.00. The Morgan fingerprint density at radius 1 is 1.75 bits per heavy atom. The number of carbonyl (C=O) groups is 1. The van der Waals surface area contributed by atoms with E-state index in [2.05, 4.69) is 6.58 Å².